The van der Waals surface area contributed by atoms with Gasteiger partial charge in [0.1, 0.15) is 11.6 Å². The molecule has 2 aromatic rings. The van der Waals surface area contributed by atoms with E-state index in [2.05, 4.69) is 34.2 Å². The van der Waals surface area contributed by atoms with Crippen molar-refractivity contribution in [2.24, 2.45) is 16.9 Å². The van der Waals surface area contributed by atoms with Gasteiger partial charge in [-0.05, 0) is 36.6 Å². The Balaban J connectivity index is 2.12. The molecule has 6 N–H and O–H groups in total. The van der Waals surface area contributed by atoms with Crippen LogP contribution in [0, 0.1) is 11.3 Å². The summed E-state index contributed by atoms with van der Waals surface area (Å²) in [5, 5.41) is 15.3. The van der Waals surface area contributed by atoms with Gasteiger partial charge in [-0.25, -0.2) is 9.97 Å². The molecule has 0 aliphatic carbocycles. The minimum atomic E-state index is 0.235. The van der Waals surface area contributed by atoms with Crippen molar-refractivity contribution < 1.29 is 0 Å². The Bertz CT molecular complexity index is 737. The summed E-state index contributed by atoms with van der Waals surface area (Å²) in [4.78, 5) is 8.47. The van der Waals surface area contributed by atoms with Gasteiger partial charge in [0, 0.05) is 11.8 Å². The van der Waals surface area contributed by atoms with Crippen LogP contribution >= 0.6 is 0 Å². The van der Waals surface area contributed by atoms with Crippen LogP contribution < -0.4 is 16.9 Å². The zero-order chi connectivity index (χ0) is 17.5. The van der Waals surface area contributed by atoms with Crippen LogP contribution in [0.15, 0.2) is 41.6 Å². The van der Waals surface area contributed by atoms with Crippen LogP contribution in [0.25, 0.3) is 0 Å². The van der Waals surface area contributed by atoms with Crippen molar-refractivity contribution in [3.05, 3.63) is 47.8 Å². The second kappa shape index (κ2) is 8.05. The highest BCUT2D eigenvalue weighted by atomic mass is 15.1. The number of pyridine rings is 2. The Labute approximate surface area is 141 Å². The van der Waals surface area contributed by atoms with Gasteiger partial charge in [0.25, 0.3) is 0 Å². The minimum Gasteiger partial charge on any atom is -0.383 e. The fourth-order valence-corrected chi connectivity index (χ4v) is 2.27. The molecule has 2 rings (SSSR count). The van der Waals surface area contributed by atoms with E-state index in [0.717, 1.165) is 12.1 Å². The Morgan fingerprint density at radius 3 is 2.75 bits per heavy atom. The zero-order valence-corrected chi connectivity index (χ0v) is 14.0. The van der Waals surface area contributed by atoms with E-state index in [0.29, 0.717) is 35.4 Å². The number of nitrogens with one attached hydrogen (secondary N) is 2. The van der Waals surface area contributed by atoms with E-state index in [1.807, 2.05) is 12.1 Å². The number of hydrogen-bond acceptors (Lipinski definition) is 7. The molecule has 24 heavy (non-hydrogen) atoms. The van der Waals surface area contributed by atoms with Crippen molar-refractivity contribution in [3.8, 4) is 0 Å². The minimum absolute atomic E-state index is 0.235. The molecule has 7 heteroatoms. The summed E-state index contributed by atoms with van der Waals surface area (Å²) < 4.78 is 0. The monoisotopic (exact) mass is 325 g/mol. The summed E-state index contributed by atoms with van der Waals surface area (Å²) in [5.74, 6) is 6.88. The number of rotatable bonds is 7. The van der Waals surface area contributed by atoms with Gasteiger partial charge >= 0.3 is 0 Å². The fraction of sp³-hybridized carbons (Fsp3) is 0.294. The molecule has 0 aliphatic heterocycles. The summed E-state index contributed by atoms with van der Waals surface area (Å²) >= 11 is 0. The third-order valence-corrected chi connectivity index (χ3v) is 3.41. The van der Waals surface area contributed by atoms with Crippen molar-refractivity contribution in [1.82, 2.24) is 9.97 Å². The molecule has 126 valence electrons. The van der Waals surface area contributed by atoms with Gasteiger partial charge in [-0.2, -0.15) is 5.10 Å². The first-order chi connectivity index (χ1) is 11.5. The maximum Gasteiger partial charge on any atom is 0.132 e. The van der Waals surface area contributed by atoms with E-state index >= 15 is 0 Å². The zero-order valence-electron chi connectivity index (χ0n) is 14.0. The van der Waals surface area contributed by atoms with Crippen LogP contribution in [-0.4, -0.2) is 27.9 Å². The molecule has 2 heterocycles. The molecule has 0 amide bonds. The standard InChI is InChI=1S/C17H23N7/c1-11(2)9-12(24-20)10-22-15-7-3-6-14(23-15)16(18)13-5-4-8-21-17(13)19/h3-8,11,18H,9-10,20H2,1-2H3,(H2,19,21)(H,22,23)/b18-16?,24-12+. The normalized spacial score (nSPS) is 11.5. The number of nitrogen functional groups attached to an aromatic ring is 1. The Kier molecular flexibility index (Phi) is 5.83. The second-order valence-electron chi connectivity index (χ2n) is 5.87. The van der Waals surface area contributed by atoms with Crippen LogP contribution in [0.2, 0.25) is 0 Å². The van der Waals surface area contributed by atoms with Crippen LogP contribution in [0.5, 0.6) is 0 Å². The smallest absolute Gasteiger partial charge is 0.132 e. The largest absolute Gasteiger partial charge is 0.383 e. The number of hydrazone groups is 1. The fourth-order valence-electron chi connectivity index (χ4n) is 2.27. The SMILES string of the molecule is CC(C)C/C(CNc1cccc(C(=N)c2cccnc2N)n1)=N\N. The van der Waals surface area contributed by atoms with Crippen molar-refractivity contribution in [1.29, 1.82) is 5.41 Å². The highest BCUT2D eigenvalue weighted by molar-refractivity contribution is 6.12. The predicted octanol–water partition coefficient (Wildman–Crippen LogP) is 2.25. The molecular weight excluding hydrogens is 302 g/mol. The quantitative estimate of drug-likeness (QED) is 0.353. The van der Waals surface area contributed by atoms with Crippen LogP contribution in [-0.2, 0) is 0 Å². The van der Waals surface area contributed by atoms with Crippen LogP contribution in [0.3, 0.4) is 0 Å². The first-order valence-corrected chi connectivity index (χ1v) is 7.77. The van der Waals surface area contributed by atoms with Crippen molar-refractivity contribution in [3.63, 3.8) is 0 Å². The van der Waals surface area contributed by atoms with Crippen molar-refractivity contribution in [2.75, 3.05) is 17.6 Å². The summed E-state index contributed by atoms with van der Waals surface area (Å²) in [6.07, 6.45) is 2.42. The molecule has 0 unspecified atom stereocenters. The highest BCUT2D eigenvalue weighted by Crippen LogP contribution is 2.14. The molecule has 0 bridgehead atoms. The molecule has 0 radical (unpaired) electrons. The Morgan fingerprint density at radius 2 is 2.08 bits per heavy atom. The average molecular weight is 325 g/mol. The predicted molar refractivity (Wildman–Crippen MR) is 98.4 cm³/mol. The third-order valence-electron chi connectivity index (χ3n) is 3.41. The topological polar surface area (TPSA) is 126 Å². The molecule has 0 atom stereocenters. The van der Waals surface area contributed by atoms with E-state index in [-0.39, 0.29) is 5.71 Å². The summed E-state index contributed by atoms with van der Waals surface area (Å²) in [5.41, 5.74) is 8.03. The molecule has 0 spiro atoms. The first-order valence-electron chi connectivity index (χ1n) is 7.77. The van der Waals surface area contributed by atoms with Crippen LogP contribution in [0.4, 0.5) is 11.6 Å². The van der Waals surface area contributed by atoms with E-state index in [1.165, 1.54) is 0 Å². The summed E-state index contributed by atoms with van der Waals surface area (Å²) in [6.45, 7) is 4.75. The third kappa shape index (κ3) is 4.52. The molecule has 0 saturated carbocycles. The molecule has 0 aliphatic rings. The van der Waals surface area contributed by atoms with E-state index in [4.69, 9.17) is 17.0 Å². The summed E-state index contributed by atoms with van der Waals surface area (Å²) in [7, 11) is 0. The lowest BCUT2D eigenvalue weighted by Gasteiger charge is -2.11. The second-order valence-corrected chi connectivity index (χ2v) is 5.87. The highest BCUT2D eigenvalue weighted by Gasteiger charge is 2.11. The van der Waals surface area contributed by atoms with E-state index in [9.17, 15) is 0 Å². The molecule has 2 aromatic heterocycles. The number of hydrogen-bond donors (Lipinski definition) is 4. The Hall–Kier alpha value is -2.96. The number of anilines is 2. The van der Waals surface area contributed by atoms with Gasteiger partial charge < -0.3 is 16.9 Å². The maximum absolute atomic E-state index is 8.30. The summed E-state index contributed by atoms with van der Waals surface area (Å²) in [6, 6.07) is 8.96. The Morgan fingerprint density at radius 1 is 1.29 bits per heavy atom. The van der Waals surface area contributed by atoms with Crippen molar-refractivity contribution >= 4 is 23.1 Å². The molecular formula is C17H23N7. The van der Waals surface area contributed by atoms with Gasteiger partial charge in [-0.1, -0.05) is 19.9 Å². The molecule has 0 saturated heterocycles. The lowest BCUT2D eigenvalue weighted by Crippen LogP contribution is -2.19. The number of aromatic nitrogens is 2. The van der Waals surface area contributed by atoms with Gasteiger partial charge in [0.05, 0.1) is 23.7 Å². The average Bonchev–Trinajstić information content (AvgIpc) is 2.58. The van der Waals surface area contributed by atoms with Gasteiger partial charge in [0.15, 0.2) is 0 Å². The van der Waals surface area contributed by atoms with Gasteiger partial charge in [-0.15, -0.1) is 0 Å². The maximum atomic E-state index is 8.30. The molecule has 0 fully saturated rings. The van der Waals surface area contributed by atoms with E-state index in [1.54, 1.807) is 24.4 Å². The van der Waals surface area contributed by atoms with Crippen molar-refractivity contribution in [2.45, 2.75) is 20.3 Å². The molecule has 7 nitrogen and oxygen atoms in total. The lowest BCUT2D eigenvalue weighted by molar-refractivity contribution is 0.679. The van der Waals surface area contributed by atoms with Gasteiger partial charge in [-0.3, -0.25) is 5.41 Å². The van der Waals surface area contributed by atoms with Gasteiger partial charge in [0.2, 0.25) is 0 Å². The molecule has 0 aromatic carbocycles. The first kappa shape index (κ1) is 17.4. The number of nitrogens with two attached hydrogens (primary N) is 2. The van der Waals surface area contributed by atoms with Crippen LogP contribution in [0.1, 0.15) is 31.5 Å². The van der Waals surface area contributed by atoms with E-state index < -0.39 is 0 Å². The number of nitrogens with zero attached hydrogens (tertiary/aromatic N) is 3. The lowest BCUT2D eigenvalue weighted by atomic mass is 10.1.